The second-order valence-corrected chi connectivity index (χ2v) is 5.50. The van der Waals surface area contributed by atoms with E-state index < -0.39 is 5.54 Å². The minimum Gasteiger partial charge on any atom is -0.386 e. The first-order valence-electron chi connectivity index (χ1n) is 7.51. The van der Waals surface area contributed by atoms with Gasteiger partial charge in [0.1, 0.15) is 5.84 Å². The maximum atomic E-state index is 11.9. The molecule has 0 aromatic heterocycles. The van der Waals surface area contributed by atoms with Crippen LogP contribution in [0.15, 0.2) is 0 Å². The quantitative estimate of drug-likeness (QED) is 0.350. The van der Waals surface area contributed by atoms with Gasteiger partial charge >= 0.3 is 6.03 Å². The number of carbonyl (C=O) groups excluding carboxylic acids is 1. The molecular formula is C14H28N4O. The monoisotopic (exact) mass is 268 g/mol. The van der Waals surface area contributed by atoms with E-state index in [9.17, 15) is 4.79 Å². The smallest absolute Gasteiger partial charge is 0.315 e. The van der Waals surface area contributed by atoms with E-state index in [-0.39, 0.29) is 11.9 Å². The summed E-state index contributed by atoms with van der Waals surface area (Å²) in [7, 11) is 0. The average Bonchev–Trinajstić information content (AvgIpc) is 2.32. The lowest BCUT2D eigenvalue weighted by atomic mass is 9.83. The molecule has 1 aliphatic rings. The summed E-state index contributed by atoms with van der Waals surface area (Å²) in [4.78, 5) is 11.9. The number of amidine groups is 1. The molecule has 1 saturated carbocycles. The molecule has 1 fully saturated rings. The van der Waals surface area contributed by atoms with E-state index in [4.69, 9.17) is 11.1 Å². The predicted molar refractivity (Wildman–Crippen MR) is 78.4 cm³/mol. The van der Waals surface area contributed by atoms with E-state index in [0.717, 1.165) is 51.4 Å². The van der Waals surface area contributed by atoms with Crippen molar-refractivity contribution in [1.82, 2.24) is 10.6 Å². The summed E-state index contributed by atoms with van der Waals surface area (Å²) in [6.07, 6.45) is 9.20. The minimum atomic E-state index is -0.628. The van der Waals surface area contributed by atoms with Crippen LogP contribution in [0.25, 0.3) is 0 Å². The van der Waals surface area contributed by atoms with Crippen LogP contribution in [0.3, 0.4) is 0 Å². The van der Waals surface area contributed by atoms with Crippen LogP contribution in [0.5, 0.6) is 0 Å². The maximum absolute atomic E-state index is 11.9. The molecule has 1 rings (SSSR count). The van der Waals surface area contributed by atoms with Crippen LogP contribution in [0, 0.1) is 5.41 Å². The molecule has 0 aromatic carbocycles. The van der Waals surface area contributed by atoms with Gasteiger partial charge in [-0.25, -0.2) is 4.79 Å². The van der Waals surface area contributed by atoms with Gasteiger partial charge in [-0.05, 0) is 19.3 Å². The molecule has 0 spiro atoms. The Hall–Kier alpha value is -1.26. The van der Waals surface area contributed by atoms with Crippen molar-refractivity contribution in [1.29, 1.82) is 5.41 Å². The highest BCUT2D eigenvalue weighted by molar-refractivity contribution is 5.91. The summed E-state index contributed by atoms with van der Waals surface area (Å²) in [6, 6.07) is -0.191. The Balaban J connectivity index is 2.58. The van der Waals surface area contributed by atoms with Crippen LogP contribution in [-0.2, 0) is 0 Å². The highest BCUT2D eigenvalue weighted by atomic mass is 16.2. The van der Waals surface area contributed by atoms with Gasteiger partial charge < -0.3 is 16.4 Å². The molecule has 0 aliphatic heterocycles. The second-order valence-electron chi connectivity index (χ2n) is 5.50. The minimum absolute atomic E-state index is 0.0973. The molecule has 0 unspecified atom stereocenters. The number of urea groups is 1. The first-order chi connectivity index (χ1) is 9.10. The van der Waals surface area contributed by atoms with Crippen molar-refractivity contribution in [3.63, 3.8) is 0 Å². The van der Waals surface area contributed by atoms with Gasteiger partial charge in [0.15, 0.2) is 0 Å². The van der Waals surface area contributed by atoms with Gasteiger partial charge in [-0.2, -0.15) is 0 Å². The largest absolute Gasteiger partial charge is 0.386 e. The molecule has 5 nitrogen and oxygen atoms in total. The second kappa shape index (κ2) is 8.02. The van der Waals surface area contributed by atoms with Crippen molar-refractivity contribution in [3.05, 3.63) is 0 Å². The molecule has 0 aromatic rings. The maximum Gasteiger partial charge on any atom is 0.315 e. The Bertz CT molecular complexity index is 296. The van der Waals surface area contributed by atoms with Gasteiger partial charge in [0.2, 0.25) is 0 Å². The highest BCUT2D eigenvalue weighted by Gasteiger charge is 2.35. The number of nitrogens with one attached hydrogen (secondary N) is 3. The molecule has 0 bridgehead atoms. The number of rotatable bonds is 5. The molecule has 110 valence electrons. The molecule has 0 saturated heterocycles. The zero-order valence-electron chi connectivity index (χ0n) is 12.1. The lowest BCUT2D eigenvalue weighted by molar-refractivity contribution is 0.226. The Labute approximate surface area is 116 Å². The van der Waals surface area contributed by atoms with Crippen LogP contribution in [-0.4, -0.2) is 24.0 Å². The fourth-order valence-electron chi connectivity index (χ4n) is 2.61. The Kier molecular flexibility index (Phi) is 6.67. The summed E-state index contributed by atoms with van der Waals surface area (Å²) >= 11 is 0. The Morgan fingerprint density at radius 3 is 2.32 bits per heavy atom. The van der Waals surface area contributed by atoms with Crippen molar-refractivity contribution in [2.75, 3.05) is 6.54 Å². The summed E-state index contributed by atoms with van der Waals surface area (Å²) in [5.74, 6) is 0.0973. The molecule has 5 N–H and O–H groups in total. The summed E-state index contributed by atoms with van der Waals surface area (Å²) < 4.78 is 0. The predicted octanol–water partition coefficient (Wildman–Crippen LogP) is 2.50. The molecule has 0 radical (unpaired) electrons. The van der Waals surface area contributed by atoms with E-state index in [2.05, 4.69) is 17.6 Å². The topological polar surface area (TPSA) is 91.0 Å². The van der Waals surface area contributed by atoms with Gasteiger partial charge in [0, 0.05) is 6.54 Å². The average molecular weight is 268 g/mol. The molecule has 1 aliphatic carbocycles. The van der Waals surface area contributed by atoms with Gasteiger partial charge in [0.25, 0.3) is 0 Å². The van der Waals surface area contributed by atoms with Crippen LogP contribution in [0.4, 0.5) is 4.79 Å². The van der Waals surface area contributed by atoms with Crippen molar-refractivity contribution in [2.24, 2.45) is 5.73 Å². The molecule has 19 heavy (non-hydrogen) atoms. The summed E-state index contributed by atoms with van der Waals surface area (Å²) in [5, 5.41) is 13.7. The fraction of sp³-hybridized carbons (Fsp3) is 0.857. The lowest BCUT2D eigenvalue weighted by Gasteiger charge is -2.35. The van der Waals surface area contributed by atoms with Crippen molar-refractivity contribution < 1.29 is 4.79 Å². The zero-order chi connectivity index (χ0) is 14.1. The number of hydrogen-bond donors (Lipinski definition) is 4. The van der Waals surface area contributed by atoms with Crippen LogP contribution >= 0.6 is 0 Å². The fourth-order valence-corrected chi connectivity index (χ4v) is 2.61. The van der Waals surface area contributed by atoms with Gasteiger partial charge in [-0.3, -0.25) is 5.41 Å². The van der Waals surface area contributed by atoms with Gasteiger partial charge in [-0.15, -0.1) is 0 Å². The third kappa shape index (κ3) is 5.09. The summed E-state index contributed by atoms with van der Waals surface area (Å²) in [6.45, 7) is 2.77. The lowest BCUT2D eigenvalue weighted by Crippen LogP contribution is -2.59. The van der Waals surface area contributed by atoms with E-state index >= 15 is 0 Å². The first-order valence-corrected chi connectivity index (χ1v) is 7.51. The number of amides is 2. The van der Waals surface area contributed by atoms with Crippen LogP contribution in [0.1, 0.15) is 64.7 Å². The molecule has 0 heterocycles. The standard InChI is InChI=1S/C14H28N4O/c1-2-3-11-17-13(19)18-14(12(15)16)9-7-5-4-6-8-10-14/h2-11H2,1H3,(H3,15,16)(H2,17,18,19). The van der Waals surface area contributed by atoms with E-state index in [1.165, 1.54) is 6.42 Å². The van der Waals surface area contributed by atoms with Crippen molar-refractivity contribution >= 4 is 11.9 Å². The van der Waals surface area contributed by atoms with Crippen molar-refractivity contribution in [2.45, 2.75) is 70.3 Å². The molecule has 0 atom stereocenters. The van der Waals surface area contributed by atoms with Gasteiger partial charge in [-0.1, -0.05) is 45.4 Å². The number of nitrogens with two attached hydrogens (primary N) is 1. The van der Waals surface area contributed by atoms with Crippen molar-refractivity contribution in [3.8, 4) is 0 Å². The van der Waals surface area contributed by atoms with E-state index in [0.29, 0.717) is 6.54 Å². The third-order valence-electron chi connectivity index (χ3n) is 3.89. The number of carbonyl (C=O) groups is 1. The van der Waals surface area contributed by atoms with E-state index in [1.54, 1.807) is 0 Å². The normalized spacial score (nSPS) is 19.0. The zero-order valence-corrected chi connectivity index (χ0v) is 12.1. The first kappa shape index (κ1) is 15.8. The van der Waals surface area contributed by atoms with E-state index in [1.807, 2.05) is 0 Å². The molecule has 2 amide bonds. The highest BCUT2D eigenvalue weighted by Crippen LogP contribution is 2.26. The Morgan fingerprint density at radius 1 is 1.21 bits per heavy atom. The molecular weight excluding hydrogens is 240 g/mol. The number of unbranched alkanes of at least 4 members (excludes halogenated alkanes) is 1. The summed E-state index contributed by atoms with van der Waals surface area (Å²) in [5.41, 5.74) is 5.14. The number of hydrogen-bond acceptors (Lipinski definition) is 2. The van der Waals surface area contributed by atoms with Gasteiger partial charge in [0.05, 0.1) is 5.54 Å². The van der Waals surface area contributed by atoms with Crippen LogP contribution < -0.4 is 16.4 Å². The third-order valence-corrected chi connectivity index (χ3v) is 3.89. The van der Waals surface area contributed by atoms with Crippen LogP contribution in [0.2, 0.25) is 0 Å². The Morgan fingerprint density at radius 2 is 1.79 bits per heavy atom. The molecule has 5 heteroatoms. The SMILES string of the molecule is CCCCNC(=O)NC1(C(=N)N)CCCCCCC1.